The Hall–Kier alpha value is -7.36. The molecular weight excluding hydrogens is 953 g/mol. The normalized spacial score (nSPS) is 28.9. The molecule has 0 spiro atoms. The Morgan fingerprint density at radius 2 is 0.770 bits per heavy atom. The Morgan fingerprint density at radius 1 is 0.459 bits per heavy atom. The Kier molecular flexibility index (Phi) is 15.1. The molecule has 74 heavy (non-hydrogen) atoms. The topological polar surface area (TPSA) is 157 Å². The summed E-state index contributed by atoms with van der Waals surface area (Å²) in [4.78, 5) is 87.2. The number of benzene rings is 3. The fourth-order valence-corrected chi connectivity index (χ4v) is 10.5. The van der Waals surface area contributed by atoms with Crippen molar-refractivity contribution in [1.29, 1.82) is 0 Å². The SMILES string of the molecule is C=C(/C=C\C(F)=C/C)[C@H]1C[C@@H]1NC(=O)[C@@H]1CN(C(=O)c2ccc(C(=O)N3C[C@@H](C(=O)N[C@H]4C[C@@H]4C(=C)/C=C\C(F)=C/C)[C@H](C(=O)N[C@H]4C[C@@H]4c4ccc(F)cc4)C3)cc2)C[C@H]1C(=O)N[C@H]1C[C@@H]1c1ccc(F)cc1. The highest BCUT2D eigenvalue weighted by Crippen LogP contribution is 2.44. The molecule has 3 aromatic rings. The standard InChI is InChI=1S/C58H60F4N6O6/c1-5-37(59)17-7-31(3)41-23-49(41)63-53(69)45-27-67(29-47(45)55(71)65-51-25-43(51)33-13-19-39(61)20-14-33)57(73)35-9-11-36(12-10-35)58(74)68-28-46(54(70)64-50-24-42(50)32(4)8-18-38(60)6-2)48(30-68)56(72)66-52-26-44(52)34-15-21-40(62)22-16-34/h5-22,41-52H,3-4,23-30H2,1-2H3,(H,63,69)(H,64,70)(H,65,71)(H,66,72)/b17-7-,18-8-,37-5+,38-6+/t41-,42-,43-,44-,45-,46-,47-,48-,49+,50+,51+,52+/m1/s1. The molecule has 4 saturated carbocycles. The van der Waals surface area contributed by atoms with Crippen molar-refractivity contribution >= 4 is 35.4 Å². The molecule has 6 amide bonds. The molecule has 9 rings (SSSR count). The third-order valence-corrected chi connectivity index (χ3v) is 15.4. The lowest BCUT2D eigenvalue weighted by atomic mass is 9.94. The van der Waals surface area contributed by atoms with Gasteiger partial charge in [0.15, 0.2) is 0 Å². The van der Waals surface area contributed by atoms with Gasteiger partial charge in [0.2, 0.25) is 23.6 Å². The van der Waals surface area contributed by atoms with Crippen molar-refractivity contribution < 1.29 is 46.3 Å². The predicted octanol–water partition coefficient (Wildman–Crippen LogP) is 7.67. The average Bonchev–Trinajstić information content (AvgIpc) is 4.34. The van der Waals surface area contributed by atoms with Crippen LogP contribution >= 0.6 is 0 Å². The molecule has 2 saturated heterocycles. The number of amides is 6. The molecule has 6 fully saturated rings. The molecule has 0 aromatic heterocycles. The third kappa shape index (κ3) is 11.8. The number of rotatable bonds is 18. The molecule has 0 radical (unpaired) electrons. The zero-order chi connectivity index (χ0) is 52.5. The maximum atomic E-state index is 14.2. The summed E-state index contributed by atoms with van der Waals surface area (Å²) in [5.74, 6) is -7.92. The van der Waals surface area contributed by atoms with E-state index in [0.717, 1.165) is 11.1 Å². The van der Waals surface area contributed by atoms with Crippen LogP contribution in [0, 0.1) is 47.1 Å². The van der Waals surface area contributed by atoms with Crippen molar-refractivity contribution in [3.8, 4) is 0 Å². The first-order valence-electron chi connectivity index (χ1n) is 25.3. The van der Waals surface area contributed by atoms with Gasteiger partial charge in [0.1, 0.15) is 23.3 Å². The number of carbonyl (C=O) groups is 6. The van der Waals surface area contributed by atoms with E-state index in [0.29, 0.717) is 36.8 Å². The number of carbonyl (C=O) groups excluding carboxylic acids is 6. The van der Waals surface area contributed by atoms with Gasteiger partial charge in [-0.25, -0.2) is 17.6 Å². The van der Waals surface area contributed by atoms with E-state index in [2.05, 4.69) is 34.4 Å². The van der Waals surface area contributed by atoms with Crippen molar-refractivity contribution in [3.05, 3.63) is 179 Å². The van der Waals surface area contributed by atoms with E-state index in [4.69, 9.17) is 0 Å². The van der Waals surface area contributed by atoms with E-state index in [9.17, 15) is 46.3 Å². The maximum Gasteiger partial charge on any atom is 0.253 e. The van der Waals surface area contributed by atoms with Gasteiger partial charge in [-0.05, 0) is 122 Å². The zero-order valence-corrected chi connectivity index (χ0v) is 41.2. The molecule has 0 unspecified atom stereocenters. The summed E-state index contributed by atoms with van der Waals surface area (Å²) in [6.45, 7) is 11.0. The summed E-state index contributed by atoms with van der Waals surface area (Å²) in [5, 5.41) is 12.1. The van der Waals surface area contributed by atoms with Crippen molar-refractivity contribution in [2.45, 2.75) is 75.5 Å². The fourth-order valence-electron chi connectivity index (χ4n) is 10.5. The Labute approximate surface area is 427 Å². The average molecular weight is 1010 g/mol. The summed E-state index contributed by atoms with van der Waals surface area (Å²) < 4.78 is 54.8. The quantitative estimate of drug-likeness (QED) is 0.0758. The van der Waals surface area contributed by atoms with Gasteiger partial charge in [0, 0.05) is 85.1 Å². The van der Waals surface area contributed by atoms with Gasteiger partial charge in [0.05, 0.1) is 23.7 Å². The third-order valence-electron chi connectivity index (χ3n) is 15.4. The molecule has 6 aliphatic rings. The van der Waals surface area contributed by atoms with Crippen LogP contribution in [0.3, 0.4) is 0 Å². The van der Waals surface area contributed by atoms with E-state index in [1.165, 1.54) is 82.6 Å². The Bertz CT molecular complexity index is 2670. The lowest BCUT2D eigenvalue weighted by Crippen LogP contribution is -2.43. The number of allylic oxidation sites excluding steroid dienone is 8. The number of likely N-dealkylation sites (tertiary alicyclic amines) is 2. The maximum absolute atomic E-state index is 14.2. The van der Waals surface area contributed by atoms with Crippen LogP contribution in [-0.4, -0.2) is 95.6 Å². The summed E-state index contributed by atoms with van der Waals surface area (Å²) >= 11 is 0. The van der Waals surface area contributed by atoms with Crippen LogP contribution in [0.1, 0.15) is 83.2 Å². The summed E-state index contributed by atoms with van der Waals surface area (Å²) in [7, 11) is 0. The minimum atomic E-state index is -0.901. The van der Waals surface area contributed by atoms with Crippen LogP contribution in [0.25, 0.3) is 0 Å². The van der Waals surface area contributed by atoms with Gasteiger partial charge in [0.25, 0.3) is 11.8 Å². The van der Waals surface area contributed by atoms with E-state index < -0.39 is 59.0 Å². The minimum absolute atomic E-state index is 0.0199. The second-order valence-corrected chi connectivity index (χ2v) is 20.5. The molecule has 4 aliphatic carbocycles. The van der Waals surface area contributed by atoms with Gasteiger partial charge in [-0.1, -0.05) is 61.7 Å². The monoisotopic (exact) mass is 1010 g/mol. The molecule has 2 heterocycles. The van der Waals surface area contributed by atoms with Crippen LogP contribution in [0.2, 0.25) is 0 Å². The predicted molar refractivity (Wildman–Crippen MR) is 270 cm³/mol. The second-order valence-electron chi connectivity index (χ2n) is 20.5. The molecule has 3 aromatic carbocycles. The van der Waals surface area contributed by atoms with Crippen molar-refractivity contribution in [2.75, 3.05) is 26.2 Å². The minimum Gasteiger partial charge on any atom is -0.352 e. The molecule has 4 N–H and O–H groups in total. The van der Waals surface area contributed by atoms with Crippen LogP contribution in [0.4, 0.5) is 17.6 Å². The number of hydrogen-bond acceptors (Lipinski definition) is 6. The van der Waals surface area contributed by atoms with Gasteiger partial charge in [-0.2, -0.15) is 0 Å². The smallest absolute Gasteiger partial charge is 0.253 e. The zero-order valence-electron chi connectivity index (χ0n) is 41.2. The molecular formula is C58H60F4N6O6. The fraction of sp³-hybridized carbons (Fsp3) is 0.379. The molecule has 16 heteroatoms. The molecule has 12 nitrogen and oxygen atoms in total. The van der Waals surface area contributed by atoms with Crippen LogP contribution in [0.15, 0.2) is 145 Å². The van der Waals surface area contributed by atoms with Crippen molar-refractivity contribution in [1.82, 2.24) is 31.1 Å². The number of nitrogens with zero attached hydrogens (tertiary/aromatic N) is 2. The first-order chi connectivity index (χ1) is 35.5. The van der Waals surface area contributed by atoms with E-state index in [-0.39, 0.29) is 109 Å². The van der Waals surface area contributed by atoms with Crippen LogP contribution in [0.5, 0.6) is 0 Å². The summed E-state index contributed by atoms with van der Waals surface area (Å²) in [5.41, 5.74) is 3.48. The first kappa shape index (κ1) is 51.5. The van der Waals surface area contributed by atoms with Crippen molar-refractivity contribution in [2.24, 2.45) is 35.5 Å². The molecule has 386 valence electrons. The van der Waals surface area contributed by atoms with E-state index in [1.807, 2.05) is 0 Å². The molecule has 12 atom stereocenters. The second kappa shape index (κ2) is 21.6. The Balaban J connectivity index is 0.859. The number of halogens is 4. The first-order valence-corrected chi connectivity index (χ1v) is 25.3. The van der Waals surface area contributed by atoms with E-state index in [1.54, 1.807) is 50.3 Å². The summed E-state index contributed by atoms with van der Waals surface area (Å²) in [6.07, 6.45) is 10.9. The highest BCUT2D eigenvalue weighted by atomic mass is 19.1. The van der Waals surface area contributed by atoms with Crippen molar-refractivity contribution in [3.63, 3.8) is 0 Å². The van der Waals surface area contributed by atoms with Gasteiger partial charge < -0.3 is 31.1 Å². The summed E-state index contributed by atoms with van der Waals surface area (Å²) in [6, 6.07) is 17.1. The highest BCUT2D eigenvalue weighted by molar-refractivity contribution is 6.00. The Morgan fingerprint density at radius 3 is 1.08 bits per heavy atom. The lowest BCUT2D eigenvalue weighted by molar-refractivity contribution is -0.133. The van der Waals surface area contributed by atoms with E-state index >= 15 is 0 Å². The number of nitrogens with one attached hydrogen (secondary N) is 4. The van der Waals surface area contributed by atoms with Gasteiger partial charge in [-0.15, -0.1) is 0 Å². The molecule has 2 aliphatic heterocycles. The lowest BCUT2D eigenvalue weighted by Gasteiger charge is -2.18. The largest absolute Gasteiger partial charge is 0.352 e. The van der Waals surface area contributed by atoms with Crippen LogP contribution in [-0.2, 0) is 19.2 Å². The number of hydrogen-bond donors (Lipinski definition) is 4. The molecule has 0 bridgehead atoms. The van der Waals surface area contributed by atoms with Gasteiger partial charge >= 0.3 is 0 Å². The highest BCUT2D eigenvalue weighted by Gasteiger charge is 2.51. The van der Waals surface area contributed by atoms with Crippen LogP contribution < -0.4 is 21.3 Å². The van der Waals surface area contributed by atoms with Gasteiger partial charge in [-0.3, -0.25) is 28.8 Å².